The second-order valence-electron chi connectivity index (χ2n) is 9.26. The monoisotopic (exact) mass is 552 g/mol. The maximum absolute atomic E-state index is 13.3. The minimum absolute atomic E-state index is 0.0135. The van der Waals surface area contributed by atoms with E-state index in [0.717, 1.165) is 12.8 Å². The van der Waals surface area contributed by atoms with Crippen LogP contribution in [0.15, 0.2) is 75.7 Å². The number of likely N-dealkylation sites (tertiary alicyclic amines) is 1. The lowest BCUT2D eigenvalue weighted by Gasteiger charge is -2.25. The van der Waals surface area contributed by atoms with Crippen molar-refractivity contribution >= 4 is 27.5 Å². The number of hydrogen-bond acceptors (Lipinski definition) is 8. The van der Waals surface area contributed by atoms with Crippen molar-refractivity contribution in [3.63, 3.8) is 0 Å². The number of carbonyl (C=O) groups is 2. The van der Waals surface area contributed by atoms with Gasteiger partial charge in [0.25, 0.3) is 11.7 Å². The molecular formula is C28H28N2O8S. The fourth-order valence-corrected chi connectivity index (χ4v) is 6.52. The summed E-state index contributed by atoms with van der Waals surface area (Å²) in [6.45, 7) is 0.920. The molecule has 0 bridgehead atoms. The molecule has 3 aromatic rings. The lowest BCUT2D eigenvalue weighted by molar-refractivity contribution is -0.140. The summed E-state index contributed by atoms with van der Waals surface area (Å²) in [5, 5.41) is 11.4. The molecular weight excluding hydrogens is 524 g/mol. The van der Waals surface area contributed by atoms with Crippen molar-refractivity contribution in [2.45, 2.75) is 30.3 Å². The second kappa shape index (κ2) is 10.6. The molecule has 10 nitrogen and oxygen atoms in total. The number of hydrogen-bond donors (Lipinski definition) is 1. The zero-order valence-electron chi connectivity index (χ0n) is 21.5. The Bertz CT molecular complexity index is 1520. The topological polar surface area (TPSA) is 127 Å². The molecule has 39 heavy (non-hydrogen) atoms. The van der Waals surface area contributed by atoms with Crippen molar-refractivity contribution in [2.24, 2.45) is 0 Å². The number of aliphatic hydroxyl groups is 1. The maximum atomic E-state index is 13.3. The SMILES string of the molecule is COc1ccc([C@H]2C(=C(O)c3ccc(S(=O)(=O)N4CCCC4)cc3)C(=O)C(=O)N2Cc2ccco2)cc1OC. The molecule has 0 spiro atoms. The van der Waals surface area contributed by atoms with Crippen LogP contribution < -0.4 is 9.47 Å². The van der Waals surface area contributed by atoms with E-state index < -0.39 is 33.5 Å². The number of nitrogens with zero attached hydrogens (tertiary/aromatic N) is 2. The Morgan fingerprint density at radius 2 is 1.69 bits per heavy atom. The normalized spacial score (nSPS) is 19.5. The summed E-state index contributed by atoms with van der Waals surface area (Å²) in [6, 6.07) is 13.0. The van der Waals surface area contributed by atoms with Crippen molar-refractivity contribution in [1.29, 1.82) is 0 Å². The summed E-state index contributed by atoms with van der Waals surface area (Å²) < 4.78 is 43.5. The lowest BCUT2D eigenvalue weighted by atomic mass is 9.95. The van der Waals surface area contributed by atoms with Crippen LogP contribution in [0.1, 0.15) is 35.8 Å². The summed E-state index contributed by atoms with van der Waals surface area (Å²) in [5.74, 6) is -0.790. The molecule has 2 aliphatic rings. The van der Waals surface area contributed by atoms with E-state index in [-0.39, 0.29) is 22.6 Å². The van der Waals surface area contributed by atoms with E-state index in [1.54, 1.807) is 30.3 Å². The number of Topliss-reactive ketones (excluding diaryl/α,β-unsaturated/α-hetero) is 1. The molecule has 1 atom stereocenters. The number of benzene rings is 2. The average molecular weight is 553 g/mol. The van der Waals surface area contributed by atoms with Crippen LogP contribution >= 0.6 is 0 Å². The van der Waals surface area contributed by atoms with Gasteiger partial charge >= 0.3 is 0 Å². The second-order valence-corrected chi connectivity index (χ2v) is 11.2. The number of ketones is 1. The average Bonchev–Trinajstić information content (AvgIpc) is 3.72. The summed E-state index contributed by atoms with van der Waals surface area (Å²) in [5.41, 5.74) is 0.582. The van der Waals surface area contributed by atoms with Crippen LogP contribution in [0, 0.1) is 0 Å². The van der Waals surface area contributed by atoms with E-state index in [4.69, 9.17) is 13.9 Å². The van der Waals surface area contributed by atoms with Gasteiger partial charge in [0, 0.05) is 18.7 Å². The molecule has 0 unspecified atom stereocenters. The number of aliphatic hydroxyl groups excluding tert-OH is 1. The van der Waals surface area contributed by atoms with E-state index in [0.29, 0.717) is 35.9 Å². The molecule has 5 rings (SSSR count). The van der Waals surface area contributed by atoms with Gasteiger partial charge in [0.2, 0.25) is 10.0 Å². The highest BCUT2D eigenvalue weighted by Crippen LogP contribution is 2.42. The highest BCUT2D eigenvalue weighted by molar-refractivity contribution is 7.89. The molecule has 2 aromatic carbocycles. The van der Waals surface area contributed by atoms with Gasteiger partial charge in [-0.15, -0.1) is 0 Å². The number of carbonyl (C=O) groups excluding carboxylic acids is 2. The van der Waals surface area contributed by atoms with E-state index in [1.165, 1.54) is 54.0 Å². The molecule has 0 saturated carbocycles. The van der Waals surface area contributed by atoms with Crippen molar-refractivity contribution in [1.82, 2.24) is 9.21 Å². The Kier molecular flexibility index (Phi) is 7.19. The smallest absolute Gasteiger partial charge is 0.296 e. The zero-order valence-corrected chi connectivity index (χ0v) is 22.3. The molecule has 3 heterocycles. The number of methoxy groups -OCH3 is 2. The van der Waals surface area contributed by atoms with Crippen molar-refractivity contribution in [3.05, 3.63) is 83.3 Å². The van der Waals surface area contributed by atoms with Gasteiger partial charge in [0.1, 0.15) is 11.5 Å². The van der Waals surface area contributed by atoms with Gasteiger partial charge in [0.15, 0.2) is 11.5 Å². The van der Waals surface area contributed by atoms with Gasteiger partial charge in [-0.3, -0.25) is 9.59 Å². The quantitative estimate of drug-likeness (QED) is 0.255. The first kappa shape index (κ1) is 26.5. The van der Waals surface area contributed by atoms with Gasteiger partial charge in [-0.05, 0) is 66.9 Å². The van der Waals surface area contributed by atoms with E-state index >= 15 is 0 Å². The molecule has 204 valence electrons. The Balaban J connectivity index is 1.59. The predicted molar refractivity (Wildman–Crippen MR) is 141 cm³/mol. The number of ether oxygens (including phenoxy) is 2. The van der Waals surface area contributed by atoms with Crippen molar-refractivity contribution in [2.75, 3.05) is 27.3 Å². The lowest BCUT2D eigenvalue weighted by Crippen LogP contribution is -2.29. The van der Waals surface area contributed by atoms with Crippen LogP contribution in [0.5, 0.6) is 11.5 Å². The fourth-order valence-electron chi connectivity index (χ4n) is 5.00. The molecule has 11 heteroatoms. The highest BCUT2D eigenvalue weighted by atomic mass is 32.2. The minimum atomic E-state index is -3.66. The Hall–Kier alpha value is -4.09. The van der Waals surface area contributed by atoms with Gasteiger partial charge in [0.05, 0.1) is 43.5 Å². The third kappa shape index (κ3) is 4.79. The van der Waals surface area contributed by atoms with Gasteiger partial charge < -0.3 is 23.9 Å². The summed E-state index contributed by atoms with van der Waals surface area (Å²) >= 11 is 0. The molecule has 1 N–H and O–H groups in total. The van der Waals surface area contributed by atoms with Crippen molar-refractivity contribution in [3.8, 4) is 11.5 Å². The number of sulfonamides is 1. The van der Waals surface area contributed by atoms with E-state index in [9.17, 15) is 23.1 Å². The van der Waals surface area contributed by atoms with Crippen LogP contribution in [0.2, 0.25) is 0 Å². The molecule has 0 radical (unpaired) electrons. The fraction of sp³-hybridized carbons (Fsp3) is 0.286. The number of furan rings is 1. The van der Waals surface area contributed by atoms with Gasteiger partial charge in [-0.2, -0.15) is 4.31 Å². The van der Waals surface area contributed by atoms with Gasteiger partial charge in [-0.25, -0.2) is 8.42 Å². The first-order valence-corrected chi connectivity index (χ1v) is 13.8. The Morgan fingerprint density at radius 3 is 2.31 bits per heavy atom. The first-order chi connectivity index (χ1) is 18.8. The first-order valence-electron chi connectivity index (χ1n) is 12.4. The van der Waals surface area contributed by atoms with Crippen LogP contribution in [0.4, 0.5) is 0 Å². The summed E-state index contributed by atoms with van der Waals surface area (Å²) in [4.78, 5) is 28.0. The Morgan fingerprint density at radius 1 is 1.00 bits per heavy atom. The van der Waals surface area contributed by atoms with Crippen molar-refractivity contribution < 1.29 is 37.0 Å². The minimum Gasteiger partial charge on any atom is -0.507 e. The molecule has 2 saturated heterocycles. The summed E-state index contributed by atoms with van der Waals surface area (Å²) in [7, 11) is -0.690. The predicted octanol–water partition coefficient (Wildman–Crippen LogP) is 3.70. The van der Waals surface area contributed by atoms with Crippen LogP contribution in [-0.4, -0.2) is 61.7 Å². The third-order valence-corrected chi connectivity index (χ3v) is 8.91. The molecule has 2 aliphatic heterocycles. The molecule has 0 aliphatic carbocycles. The molecule has 1 aromatic heterocycles. The number of amides is 1. The Labute approximate surface area is 226 Å². The largest absolute Gasteiger partial charge is 0.507 e. The third-order valence-electron chi connectivity index (χ3n) is 7.00. The van der Waals surface area contributed by atoms with Crippen LogP contribution in [-0.2, 0) is 26.2 Å². The van der Waals surface area contributed by atoms with Gasteiger partial charge in [-0.1, -0.05) is 6.07 Å². The van der Waals surface area contributed by atoms with E-state index in [1.807, 2.05) is 0 Å². The molecule has 2 fully saturated rings. The van der Waals surface area contributed by atoms with Crippen LogP contribution in [0.25, 0.3) is 5.76 Å². The maximum Gasteiger partial charge on any atom is 0.296 e. The number of rotatable bonds is 8. The zero-order chi connectivity index (χ0) is 27.7. The van der Waals surface area contributed by atoms with E-state index in [2.05, 4.69) is 0 Å². The van der Waals surface area contributed by atoms with Crippen LogP contribution in [0.3, 0.4) is 0 Å². The summed E-state index contributed by atoms with van der Waals surface area (Å²) in [6.07, 6.45) is 3.09. The standard InChI is InChI=1S/C28H28N2O8S/c1-36-22-12-9-19(16-23(22)37-2)25-24(27(32)28(33)30(25)17-20-6-5-15-38-20)26(31)18-7-10-21(11-8-18)39(34,35)29-13-3-4-14-29/h5-12,15-16,25,31H,3-4,13-14,17H2,1-2H3/t25-/m0/s1. The molecule has 1 amide bonds. The highest BCUT2D eigenvalue weighted by Gasteiger charge is 2.46.